The average Bonchev–Trinajstić information content (AvgIpc) is 2.32. The van der Waals surface area contributed by atoms with Crippen LogP contribution in [-0.2, 0) is 6.42 Å². The molecule has 0 aliphatic carbocycles. The lowest BCUT2D eigenvalue weighted by molar-refractivity contribution is 0.992. The van der Waals surface area contributed by atoms with E-state index >= 15 is 0 Å². The van der Waals surface area contributed by atoms with Gasteiger partial charge in [0.1, 0.15) is 5.82 Å². The molecule has 2 heterocycles. The summed E-state index contributed by atoms with van der Waals surface area (Å²) < 4.78 is 1.82. The number of aryl methyl sites for hydroxylation is 1. The van der Waals surface area contributed by atoms with Gasteiger partial charge in [-0.15, -0.1) is 0 Å². The van der Waals surface area contributed by atoms with Gasteiger partial charge in [-0.05, 0) is 51.0 Å². The molecule has 0 fully saturated rings. The Morgan fingerprint density at radius 2 is 2.12 bits per heavy atom. The molecule has 6 heteroatoms. The Balaban J connectivity index is 2.56. The van der Waals surface area contributed by atoms with Crippen molar-refractivity contribution < 1.29 is 0 Å². The third kappa shape index (κ3) is 2.74. The lowest BCUT2D eigenvalue weighted by Crippen LogP contribution is -2.04. The highest BCUT2D eigenvalue weighted by Crippen LogP contribution is 2.23. The topological polar surface area (TPSA) is 64.7 Å². The van der Waals surface area contributed by atoms with Gasteiger partial charge in [0, 0.05) is 22.4 Å². The van der Waals surface area contributed by atoms with Crippen molar-refractivity contribution >= 4 is 44.3 Å². The molecule has 2 aromatic heterocycles. The molecule has 2 N–H and O–H groups in total. The van der Waals surface area contributed by atoms with Crippen molar-refractivity contribution in [3.63, 3.8) is 0 Å². The monoisotopic (exact) mass is 404 g/mol. The van der Waals surface area contributed by atoms with Gasteiger partial charge in [0.25, 0.3) is 0 Å². The van der Waals surface area contributed by atoms with Crippen molar-refractivity contribution in [3.05, 3.63) is 32.2 Å². The van der Waals surface area contributed by atoms with Crippen molar-refractivity contribution in [1.82, 2.24) is 15.0 Å². The van der Waals surface area contributed by atoms with Crippen LogP contribution in [0.3, 0.4) is 0 Å². The summed E-state index contributed by atoms with van der Waals surface area (Å²) in [5.41, 5.74) is 7.71. The highest BCUT2D eigenvalue weighted by atomic mass is 127. The van der Waals surface area contributed by atoms with Crippen LogP contribution < -0.4 is 5.73 Å². The molecule has 88 valence electrons. The number of hydrogen-bond donors (Lipinski definition) is 1. The first-order chi connectivity index (χ1) is 8.11. The summed E-state index contributed by atoms with van der Waals surface area (Å²) in [4.78, 5) is 12.9. The molecule has 0 aliphatic rings. The number of nitrogen functional groups attached to an aromatic ring is 1. The Labute approximate surface area is 121 Å². The van der Waals surface area contributed by atoms with E-state index in [0.29, 0.717) is 11.6 Å². The Morgan fingerprint density at radius 1 is 1.35 bits per heavy atom. The van der Waals surface area contributed by atoms with Gasteiger partial charge >= 0.3 is 0 Å². The van der Waals surface area contributed by atoms with Gasteiger partial charge in [0.05, 0.1) is 9.26 Å². The largest absolute Gasteiger partial charge is 0.383 e. The lowest BCUT2D eigenvalue weighted by Gasteiger charge is -2.07. The smallest absolute Gasteiger partial charge is 0.163 e. The summed E-state index contributed by atoms with van der Waals surface area (Å²) >= 11 is 5.55. The Bertz CT molecular complexity index is 559. The average molecular weight is 405 g/mol. The molecular formula is C11H10BrIN4. The van der Waals surface area contributed by atoms with Crippen molar-refractivity contribution in [2.45, 2.75) is 13.3 Å². The third-order valence-corrected chi connectivity index (χ3v) is 3.85. The second-order valence-corrected chi connectivity index (χ2v) is 5.43. The van der Waals surface area contributed by atoms with Crippen molar-refractivity contribution in [2.24, 2.45) is 0 Å². The van der Waals surface area contributed by atoms with Crippen LogP contribution in [0, 0.1) is 3.57 Å². The van der Waals surface area contributed by atoms with E-state index in [1.54, 1.807) is 12.4 Å². The highest BCUT2D eigenvalue weighted by molar-refractivity contribution is 14.1. The molecule has 2 rings (SSSR count). The molecule has 2 aromatic rings. The van der Waals surface area contributed by atoms with Gasteiger partial charge < -0.3 is 5.73 Å². The third-order valence-electron chi connectivity index (χ3n) is 2.24. The summed E-state index contributed by atoms with van der Waals surface area (Å²) in [6.07, 6.45) is 4.28. The van der Waals surface area contributed by atoms with E-state index in [1.807, 2.05) is 13.0 Å². The normalized spacial score (nSPS) is 10.5. The summed E-state index contributed by atoms with van der Waals surface area (Å²) in [6.45, 7) is 2.05. The molecule has 0 atom stereocenters. The van der Waals surface area contributed by atoms with Crippen molar-refractivity contribution in [1.29, 1.82) is 0 Å². The molecule has 0 bridgehead atoms. The quantitative estimate of drug-likeness (QED) is 0.781. The molecule has 0 aromatic carbocycles. The SMILES string of the molecule is CCc1nc(-c2cncc(Br)c2)nc(N)c1I. The second kappa shape index (κ2) is 5.26. The van der Waals surface area contributed by atoms with E-state index in [-0.39, 0.29) is 0 Å². The maximum absolute atomic E-state index is 5.88. The molecule has 0 amide bonds. The van der Waals surface area contributed by atoms with E-state index in [0.717, 1.165) is 25.7 Å². The van der Waals surface area contributed by atoms with Gasteiger partial charge in [0.15, 0.2) is 5.82 Å². The van der Waals surface area contributed by atoms with Crippen LogP contribution in [0.5, 0.6) is 0 Å². The van der Waals surface area contributed by atoms with E-state index in [4.69, 9.17) is 5.73 Å². The van der Waals surface area contributed by atoms with Crippen LogP contribution in [0.4, 0.5) is 5.82 Å². The first-order valence-electron chi connectivity index (χ1n) is 5.04. The molecule has 0 saturated heterocycles. The first-order valence-corrected chi connectivity index (χ1v) is 6.91. The number of aromatic nitrogens is 3. The predicted molar refractivity (Wildman–Crippen MR) is 79.5 cm³/mol. The number of nitrogens with zero attached hydrogens (tertiary/aromatic N) is 3. The highest BCUT2D eigenvalue weighted by Gasteiger charge is 2.10. The fourth-order valence-corrected chi connectivity index (χ4v) is 2.40. The molecule has 0 spiro atoms. The van der Waals surface area contributed by atoms with Crippen LogP contribution >= 0.6 is 38.5 Å². The van der Waals surface area contributed by atoms with Crippen molar-refractivity contribution in [3.8, 4) is 11.4 Å². The first kappa shape index (κ1) is 12.7. The summed E-state index contributed by atoms with van der Waals surface area (Å²) in [7, 11) is 0. The predicted octanol–water partition coefficient (Wildman–Crippen LogP) is 3.05. The zero-order valence-electron chi connectivity index (χ0n) is 9.11. The molecule has 17 heavy (non-hydrogen) atoms. The lowest BCUT2D eigenvalue weighted by atomic mass is 10.2. The molecule has 0 saturated carbocycles. The van der Waals surface area contributed by atoms with Crippen LogP contribution in [0.1, 0.15) is 12.6 Å². The minimum atomic E-state index is 0.521. The van der Waals surface area contributed by atoms with Gasteiger partial charge in [-0.3, -0.25) is 4.98 Å². The van der Waals surface area contributed by atoms with Crippen LogP contribution in [0.25, 0.3) is 11.4 Å². The van der Waals surface area contributed by atoms with Gasteiger partial charge in [-0.2, -0.15) is 0 Å². The number of halogens is 2. The van der Waals surface area contributed by atoms with Gasteiger partial charge in [-0.25, -0.2) is 9.97 Å². The number of hydrogen-bond acceptors (Lipinski definition) is 4. The van der Waals surface area contributed by atoms with E-state index in [2.05, 4.69) is 53.5 Å². The Kier molecular flexibility index (Phi) is 3.93. The van der Waals surface area contributed by atoms with Crippen LogP contribution in [0.2, 0.25) is 0 Å². The molecular weight excluding hydrogens is 395 g/mol. The number of rotatable bonds is 2. The summed E-state index contributed by atoms with van der Waals surface area (Å²) in [5, 5.41) is 0. The minimum Gasteiger partial charge on any atom is -0.383 e. The number of anilines is 1. The summed E-state index contributed by atoms with van der Waals surface area (Å²) in [6, 6.07) is 1.92. The van der Waals surface area contributed by atoms with E-state index < -0.39 is 0 Å². The molecule has 0 aliphatic heterocycles. The van der Waals surface area contributed by atoms with Gasteiger partial charge in [-0.1, -0.05) is 6.92 Å². The van der Waals surface area contributed by atoms with Crippen LogP contribution in [0.15, 0.2) is 22.9 Å². The standard InChI is InChI=1S/C11H10BrIN4/c1-2-8-9(13)10(14)17-11(16-8)6-3-7(12)5-15-4-6/h3-5H,2H2,1H3,(H2,14,16,17). The maximum atomic E-state index is 5.88. The van der Waals surface area contributed by atoms with E-state index in [9.17, 15) is 0 Å². The maximum Gasteiger partial charge on any atom is 0.163 e. The van der Waals surface area contributed by atoms with Crippen LogP contribution in [-0.4, -0.2) is 15.0 Å². The zero-order chi connectivity index (χ0) is 12.4. The van der Waals surface area contributed by atoms with E-state index in [1.165, 1.54) is 0 Å². The fraction of sp³-hybridized carbons (Fsp3) is 0.182. The number of nitrogens with two attached hydrogens (primary N) is 1. The molecule has 4 nitrogen and oxygen atoms in total. The Hall–Kier alpha value is -0.760. The fourth-order valence-electron chi connectivity index (χ4n) is 1.41. The summed E-state index contributed by atoms with van der Waals surface area (Å²) in [5.74, 6) is 1.14. The molecule has 0 unspecified atom stereocenters. The molecule has 0 radical (unpaired) electrons. The minimum absolute atomic E-state index is 0.521. The number of pyridine rings is 1. The zero-order valence-corrected chi connectivity index (χ0v) is 12.9. The second-order valence-electron chi connectivity index (χ2n) is 3.44. The Morgan fingerprint density at radius 3 is 2.76 bits per heavy atom. The van der Waals surface area contributed by atoms with Crippen molar-refractivity contribution in [2.75, 3.05) is 5.73 Å². The van der Waals surface area contributed by atoms with Gasteiger partial charge in [0.2, 0.25) is 0 Å².